The van der Waals surface area contributed by atoms with Crippen LogP contribution in [0.3, 0.4) is 0 Å². The molecule has 0 heterocycles. The smallest absolute Gasteiger partial charge is 0.309 e. The van der Waals surface area contributed by atoms with Crippen molar-refractivity contribution in [2.24, 2.45) is 5.92 Å². The molecular weight excluding hydrogens is 364 g/mol. The van der Waals surface area contributed by atoms with E-state index in [0.29, 0.717) is 0 Å². The van der Waals surface area contributed by atoms with Crippen molar-refractivity contribution in [1.82, 2.24) is 0 Å². The first-order valence-corrected chi connectivity index (χ1v) is 10.1. The van der Waals surface area contributed by atoms with Gasteiger partial charge in [-0.05, 0) is 45.7 Å². The summed E-state index contributed by atoms with van der Waals surface area (Å²) in [5, 5.41) is 0. The molecule has 2 aromatic rings. The SMILES string of the molecule is Cc1ccc([C@H](c2ccccc2)[C@H](C)OC(=O)[C@H](C)CC(=O)OC(C)(C)C)cc1. The zero-order valence-electron chi connectivity index (χ0n) is 18.3. The fourth-order valence-electron chi connectivity index (χ4n) is 3.25. The van der Waals surface area contributed by atoms with E-state index in [1.54, 1.807) is 6.92 Å². The molecular formula is C25H32O4. The number of hydrogen-bond acceptors (Lipinski definition) is 4. The lowest BCUT2D eigenvalue weighted by Crippen LogP contribution is -2.30. The first-order valence-electron chi connectivity index (χ1n) is 10.1. The summed E-state index contributed by atoms with van der Waals surface area (Å²) in [5.74, 6) is -1.44. The van der Waals surface area contributed by atoms with Crippen LogP contribution in [0.5, 0.6) is 0 Å². The largest absolute Gasteiger partial charge is 0.461 e. The molecule has 2 rings (SSSR count). The van der Waals surface area contributed by atoms with Crippen LogP contribution in [-0.2, 0) is 19.1 Å². The van der Waals surface area contributed by atoms with Gasteiger partial charge in [0.25, 0.3) is 0 Å². The Hall–Kier alpha value is -2.62. The first-order chi connectivity index (χ1) is 13.6. The number of carbonyl (C=O) groups excluding carboxylic acids is 2. The van der Waals surface area contributed by atoms with Gasteiger partial charge < -0.3 is 9.47 Å². The highest BCUT2D eigenvalue weighted by atomic mass is 16.6. The van der Waals surface area contributed by atoms with E-state index >= 15 is 0 Å². The van der Waals surface area contributed by atoms with Crippen molar-refractivity contribution in [2.75, 3.05) is 0 Å². The Morgan fingerprint density at radius 3 is 2.00 bits per heavy atom. The molecule has 0 saturated heterocycles. The van der Waals surface area contributed by atoms with Gasteiger partial charge in [0.1, 0.15) is 11.7 Å². The number of carbonyl (C=O) groups is 2. The average molecular weight is 397 g/mol. The van der Waals surface area contributed by atoms with Gasteiger partial charge in [-0.1, -0.05) is 67.1 Å². The number of esters is 2. The molecule has 0 aliphatic carbocycles. The van der Waals surface area contributed by atoms with Crippen LogP contribution < -0.4 is 0 Å². The molecule has 0 unspecified atom stereocenters. The zero-order valence-corrected chi connectivity index (χ0v) is 18.3. The van der Waals surface area contributed by atoms with Crippen molar-refractivity contribution in [3.8, 4) is 0 Å². The summed E-state index contributed by atoms with van der Waals surface area (Å²) in [6, 6.07) is 18.3. The van der Waals surface area contributed by atoms with Gasteiger partial charge in [-0.3, -0.25) is 9.59 Å². The van der Waals surface area contributed by atoms with Gasteiger partial charge in [0.2, 0.25) is 0 Å². The molecule has 3 atom stereocenters. The third-order valence-corrected chi connectivity index (χ3v) is 4.66. The van der Waals surface area contributed by atoms with E-state index in [1.165, 1.54) is 5.56 Å². The molecule has 0 spiro atoms. The van der Waals surface area contributed by atoms with Crippen LogP contribution in [0.25, 0.3) is 0 Å². The molecule has 4 nitrogen and oxygen atoms in total. The minimum atomic E-state index is -0.572. The highest BCUT2D eigenvalue weighted by Crippen LogP contribution is 2.30. The minimum absolute atomic E-state index is 0.00333. The Morgan fingerprint density at radius 1 is 0.897 bits per heavy atom. The molecule has 29 heavy (non-hydrogen) atoms. The Bertz CT molecular complexity index is 803. The standard InChI is InChI=1S/C25H32O4/c1-17-12-14-21(15-13-17)23(20-10-8-7-9-11-20)19(3)28-24(27)18(2)16-22(26)29-25(4,5)6/h7-15,18-19,23H,16H2,1-6H3/t18-,19+,23+/m1/s1. The Morgan fingerprint density at radius 2 is 1.45 bits per heavy atom. The second kappa shape index (κ2) is 9.73. The van der Waals surface area contributed by atoms with Gasteiger partial charge in [-0.15, -0.1) is 0 Å². The highest BCUT2D eigenvalue weighted by molar-refractivity contribution is 5.80. The van der Waals surface area contributed by atoms with Crippen LogP contribution in [0.4, 0.5) is 0 Å². The molecule has 0 fully saturated rings. The van der Waals surface area contributed by atoms with Crippen LogP contribution in [-0.4, -0.2) is 23.6 Å². The van der Waals surface area contributed by atoms with E-state index in [-0.39, 0.29) is 18.4 Å². The van der Waals surface area contributed by atoms with E-state index in [4.69, 9.17) is 9.47 Å². The van der Waals surface area contributed by atoms with Crippen LogP contribution >= 0.6 is 0 Å². The number of benzene rings is 2. The van der Waals surface area contributed by atoms with Crippen molar-refractivity contribution in [3.63, 3.8) is 0 Å². The molecule has 0 saturated carbocycles. The monoisotopic (exact) mass is 396 g/mol. The van der Waals surface area contributed by atoms with E-state index in [1.807, 2.05) is 65.0 Å². The maximum atomic E-state index is 12.6. The number of ether oxygens (including phenoxy) is 2. The van der Waals surface area contributed by atoms with E-state index in [0.717, 1.165) is 11.1 Å². The van der Waals surface area contributed by atoms with Crippen molar-refractivity contribution in [3.05, 3.63) is 71.3 Å². The van der Waals surface area contributed by atoms with Crippen LogP contribution in [0.1, 0.15) is 63.6 Å². The Balaban J connectivity index is 2.13. The topological polar surface area (TPSA) is 52.6 Å². The molecule has 0 radical (unpaired) electrons. The number of aryl methyl sites for hydroxylation is 1. The second-order valence-electron chi connectivity index (χ2n) is 8.63. The molecule has 4 heteroatoms. The van der Waals surface area contributed by atoms with Crippen molar-refractivity contribution >= 4 is 11.9 Å². The van der Waals surface area contributed by atoms with Crippen molar-refractivity contribution in [1.29, 1.82) is 0 Å². The fraction of sp³-hybridized carbons (Fsp3) is 0.440. The minimum Gasteiger partial charge on any atom is -0.461 e. The summed E-state index contributed by atoms with van der Waals surface area (Å²) in [7, 11) is 0. The number of rotatable bonds is 7. The van der Waals surface area contributed by atoms with Crippen molar-refractivity contribution in [2.45, 2.75) is 65.6 Å². The lowest BCUT2D eigenvalue weighted by molar-refractivity contribution is -0.163. The van der Waals surface area contributed by atoms with E-state index in [9.17, 15) is 9.59 Å². The van der Waals surface area contributed by atoms with Gasteiger partial charge >= 0.3 is 11.9 Å². The predicted molar refractivity (Wildman–Crippen MR) is 115 cm³/mol. The fourth-order valence-corrected chi connectivity index (χ4v) is 3.25. The number of hydrogen-bond donors (Lipinski definition) is 0. The summed E-state index contributed by atoms with van der Waals surface area (Å²) >= 11 is 0. The normalized spacial score (nSPS) is 14.6. The summed E-state index contributed by atoms with van der Waals surface area (Å²) in [6.45, 7) is 11.1. The maximum Gasteiger partial charge on any atom is 0.309 e. The van der Waals surface area contributed by atoms with Gasteiger partial charge in [0, 0.05) is 5.92 Å². The Labute approximate surface area is 174 Å². The van der Waals surface area contributed by atoms with Gasteiger partial charge in [-0.25, -0.2) is 0 Å². The molecule has 0 bridgehead atoms. The lowest BCUT2D eigenvalue weighted by atomic mass is 9.87. The summed E-state index contributed by atoms with van der Waals surface area (Å²) in [5.41, 5.74) is 2.77. The molecule has 0 aromatic heterocycles. The Kier molecular flexibility index (Phi) is 7.60. The first kappa shape index (κ1) is 22.7. The molecule has 0 amide bonds. The van der Waals surface area contributed by atoms with Gasteiger partial charge in [0.15, 0.2) is 0 Å². The van der Waals surface area contributed by atoms with Crippen molar-refractivity contribution < 1.29 is 19.1 Å². The van der Waals surface area contributed by atoms with Gasteiger partial charge in [0.05, 0.1) is 12.3 Å². The van der Waals surface area contributed by atoms with Crippen LogP contribution in [0, 0.1) is 12.8 Å². The lowest BCUT2D eigenvalue weighted by Gasteiger charge is -2.26. The van der Waals surface area contributed by atoms with Crippen LogP contribution in [0.15, 0.2) is 54.6 Å². The van der Waals surface area contributed by atoms with E-state index < -0.39 is 23.5 Å². The van der Waals surface area contributed by atoms with Crippen LogP contribution in [0.2, 0.25) is 0 Å². The molecule has 0 N–H and O–H groups in total. The summed E-state index contributed by atoms with van der Waals surface area (Å²) < 4.78 is 11.1. The maximum absolute atomic E-state index is 12.6. The third kappa shape index (κ3) is 7.04. The molecule has 2 aromatic carbocycles. The summed E-state index contributed by atoms with van der Waals surface area (Å²) in [4.78, 5) is 24.7. The van der Waals surface area contributed by atoms with Gasteiger partial charge in [-0.2, -0.15) is 0 Å². The molecule has 156 valence electrons. The quantitative estimate of drug-likeness (QED) is 0.586. The summed E-state index contributed by atoms with van der Waals surface area (Å²) in [6.07, 6.45) is -0.378. The predicted octanol–water partition coefficient (Wildman–Crippen LogP) is 5.43. The third-order valence-electron chi connectivity index (χ3n) is 4.66. The second-order valence-corrected chi connectivity index (χ2v) is 8.63. The van der Waals surface area contributed by atoms with E-state index in [2.05, 4.69) is 24.3 Å². The zero-order chi connectivity index (χ0) is 21.6. The average Bonchev–Trinajstić information content (AvgIpc) is 2.62. The highest BCUT2D eigenvalue weighted by Gasteiger charge is 2.28. The molecule has 0 aliphatic heterocycles. The molecule has 0 aliphatic rings.